The van der Waals surface area contributed by atoms with Crippen LogP contribution in [0.1, 0.15) is 16.0 Å². The minimum Gasteiger partial charge on any atom is -0.0840 e. The summed E-state index contributed by atoms with van der Waals surface area (Å²) in [5.74, 6) is 0. The van der Waals surface area contributed by atoms with Crippen molar-refractivity contribution in [1.82, 2.24) is 0 Å². The van der Waals surface area contributed by atoms with Gasteiger partial charge in [-0.3, -0.25) is 0 Å². The van der Waals surface area contributed by atoms with Crippen LogP contribution >= 0.6 is 43.5 Å². The zero-order valence-corrected chi connectivity index (χ0v) is 15.1. The lowest BCUT2D eigenvalue weighted by atomic mass is 9.98. The van der Waals surface area contributed by atoms with Crippen molar-refractivity contribution in [2.24, 2.45) is 0 Å². The molecule has 0 aliphatic rings. The van der Waals surface area contributed by atoms with Crippen LogP contribution in [0.3, 0.4) is 0 Å². The summed E-state index contributed by atoms with van der Waals surface area (Å²) in [5.41, 5.74) is 2.44. The number of halogens is 3. The second-order valence-electron chi connectivity index (χ2n) is 4.98. The first kappa shape index (κ1) is 15.1. The van der Waals surface area contributed by atoms with Gasteiger partial charge in [-0.1, -0.05) is 85.9 Å². The number of alkyl halides is 1. The molecule has 0 spiro atoms. The van der Waals surface area contributed by atoms with E-state index >= 15 is 0 Å². The summed E-state index contributed by atoms with van der Waals surface area (Å²) in [6.45, 7) is 0. The Hall–Kier alpha value is -0.830. The maximum Gasteiger partial charge on any atom is 0.0450 e. The number of rotatable bonds is 3. The van der Waals surface area contributed by atoms with Crippen molar-refractivity contribution >= 4 is 54.2 Å². The highest BCUT2D eigenvalue weighted by molar-refractivity contribution is 9.10. The molecule has 0 nitrogen and oxygen atoms in total. The van der Waals surface area contributed by atoms with E-state index in [0.29, 0.717) is 0 Å². The van der Waals surface area contributed by atoms with E-state index in [1.807, 2.05) is 12.1 Å². The van der Waals surface area contributed by atoms with Gasteiger partial charge < -0.3 is 0 Å². The molecule has 0 fully saturated rings. The van der Waals surface area contributed by atoms with Gasteiger partial charge in [0.2, 0.25) is 0 Å². The first-order chi connectivity index (χ1) is 10.1. The van der Waals surface area contributed by atoms with Crippen LogP contribution in [0.15, 0.2) is 65.1 Å². The fourth-order valence-corrected chi connectivity index (χ4v) is 4.02. The highest BCUT2D eigenvalue weighted by Gasteiger charge is 2.14. The lowest BCUT2D eigenvalue weighted by Crippen LogP contribution is -1.97. The summed E-state index contributed by atoms with van der Waals surface area (Å²) >= 11 is 13.6. The fraction of sp³-hybridized carbons (Fsp3) is 0.111. The molecular formula is C18H13Br2Cl. The van der Waals surface area contributed by atoms with Crippen molar-refractivity contribution in [3.05, 3.63) is 81.3 Å². The first-order valence-corrected chi connectivity index (χ1v) is 8.79. The summed E-state index contributed by atoms with van der Waals surface area (Å²) in [6.07, 6.45) is 0.900. The van der Waals surface area contributed by atoms with Crippen LogP contribution in [0.4, 0.5) is 0 Å². The molecule has 3 aromatic carbocycles. The van der Waals surface area contributed by atoms with Crippen molar-refractivity contribution < 1.29 is 0 Å². The van der Waals surface area contributed by atoms with E-state index in [1.54, 1.807) is 0 Å². The molecule has 1 unspecified atom stereocenters. The normalized spacial score (nSPS) is 12.5. The SMILES string of the molecule is Clc1ccc(Br)cc1C(Br)Cc1cccc2ccccc12. The molecule has 0 saturated heterocycles. The quantitative estimate of drug-likeness (QED) is 0.400. The molecule has 0 bridgehead atoms. The van der Waals surface area contributed by atoms with Gasteiger partial charge in [-0.2, -0.15) is 0 Å². The molecule has 0 aromatic heterocycles. The van der Waals surface area contributed by atoms with Crippen molar-refractivity contribution in [3.63, 3.8) is 0 Å². The Morgan fingerprint density at radius 2 is 1.71 bits per heavy atom. The minimum atomic E-state index is 0.188. The van der Waals surface area contributed by atoms with Crippen LogP contribution in [-0.2, 0) is 6.42 Å². The van der Waals surface area contributed by atoms with Gasteiger partial charge in [-0.15, -0.1) is 0 Å². The number of fused-ring (bicyclic) bond motifs is 1. The molecule has 0 aliphatic carbocycles. The number of benzene rings is 3. The summed E-state index contributed by atoms with van der Waals surface area (Å²) < 4.78 is 1.05. The monoisotopic (exact) mass is 422 g/mol. The van der Waals surface area contributed by atoms with Crippen LogP contribution < -0.4 is 0 Å². The molecule has 106 valence electrons. The number of hydrogen-bond donors (Lipinski definition) is 0. The predicted molar refractivity (Wildman–Crippen MR) is 98.5 cm³/mol. The Labute approximate surface area is 146 Å². The first-order valence-electron chi connectivity index (χ1n) is 6.71. The second kappa shape index (κ2) is 6.51. The minimum absolute atomic E-state index is 0.188. The summed E-state index contributed by atoms with van der Waals surface area (Å²) in [4.78, 5) is 0.188. The van der Waals surface area contributed by atoms with E-state index in [0.717, 1.165) is 21.5 Å². The topological polar surface area (TPSA) is 0 Å². The zero-order valence-electron chi connectivity index (χ0n) is 11.2. The van der Waals surface area contributed by atoms with Crippen LogP contribution in [0, 0.1) is 0 Å². The van der Waals surface area contributed by atoms with E-state index < -0.39 is 0 Å². The maximum absolute atomic E-state index is 6.32. The summed E-state index contributed by atoms with van der Waals surface area (Å²) in [6, 6.07) is 20.9. The third-order valence-corrected chi connectivity index (χ3v) is 5.23. The van der Waals surface area contributed by atoms with E-state index in [2.05, 4.69) is 80.4 Å². The van der Waals surface area contributed by atoms with E-state index in [9.17, 15) is 0 Å². The van der Waals surface area contributed by atoms with Crippen molar-refractivity contribution in [2.75, 3.05) is 0 Å². The van der Waals surface area contributed by atoms with Crippen LogP contribution in [0.5, 0.6) is 0 Å². The fourth-order valence-electron chi connectivity index (χ4n) is 2.53. The average molecular weight is 425 g/mol. The highest BCUT2D eigenvalue weighted by Crippen LogP contribution is 2.35. The van der Waals surface area contributed by atoms with Gasteiger partial charge in [0.15, 0.2) is 0 Å². The molecule has 3 rings (SSSR count). The molecule has 3 aromatic rings. The second-order valence-corrected chi connectivity index (χ2v) is 7.40. The van der Waals surface area contributed by atoms with Crippen molar-refractivity contribution in [3.8, 4) is 0 Å². The van der Waals surface area contributed by atoms with Gasteiger partial charge >= 0.3 is 0 Å². The van der Waals surface area contributed by atoms with Crippen molar-refractivity contribution in [2.45, 2.75) is 11.2 Å². The molecule has 0 radical (unpaired) electrons. The largest absolute Gasteiger partial charge is 0.0840 e. The Morgan fingerprint density at radius 3 is 2.57 bits per heavy atom. The third-order valence-electron chi connectivity index (χ3n) is 3.57. The Balaban J connectivity index is 1.96. The van der Waals surface area contributed by atoms with E-state index in [-0.39, 0.29) is 4.83 Å². The van der Waals surface area contributed by atoms with E-state index in [1.165, 1.54) is 16.3 Å². The van der Waals surface area contributed by atoms with Crippen LogP contribution in [0.2, 0.25) is 5.02 Å². The highest BCUT2D eigenvalue weighted by atomic mass is 79.9. The lowest BCUT2D eigenvalue weighted by Gasteiger charge is -2.14. The summed E-state index contributed by atoms with van der Waals surface area (Å²) in [5, 5.41) is 3.37. The molecule has 0 saturated carbocycles. The van der Waals surface area contributed by atoms with Crippen LogP contribution in [-0.4, -0.2) is 0 Å². The van der Waals surface area contributed by atoms with Crippen LogP contribution in [0.25, 0.3) is 10.8 Å². The van der Waals surface area contributed by atoms with Gasteiger partial charge in [-0.05, 0) is 46.5 Å². The Kier molecular flexibility index (Phi) is 4.68. The van der Waals surface area contributed by atoms with Gasteiger partial charge in [-0.25, -0.2) is 0 Å². The molecule has 0 N–H and O–H groups in total. The predicted octanol–water partition coefficient (Wildman–Crippen LogP) is 6.93. The van der Waals surface area contributed by atoms with E-state index in [4.69, 9.17) is 11.6 Å². The molecular weight excluding hydrogens is 411 g/mol. The maximum atomic E-state index is 6.32. The third kappa shape index (κ3) is 3.33. The Bertz CT molecular complexity index is 778. The van der Waals surface area contributed by atoms with Gasteiger partial charge in [0.05, 0.1) is 0 Å². The van der Waals surface area contributed by atoms with Crippen molar-refractivity contribution in [1.29, 1.82) is 0 Å². The molecule has 0 amide bonds. The van der Waals surface area contributed by atoms with Gasteiger partial charge in [0.25, 0.3) is 0 Å². The average Bonchev–Trinajstić information content (AvgIpc) is 2.50. The molecule has 1 atom stereocenters. The smallest absolute Gasteiger partial charge is 0.0450 e. The molecule has 0 aliphatic heterocycles. The number of hydrogen-bond acceptors (Lipinski definition) is 0. The standard InChI is InChI=1S/C18H13Br2Cl/c19-14-8-9-18(21)16(11-14)17(20)10-13-6-3-5-12-4-1-2-7-15(12)13/h1-9,11,17H,10H2. The lowest BCUT2D eigenvalue weighted by molar-refractivity contribution is 0.956. The molecule has 0 heterocycles. The molecule has 3 heteroatoms. The Morgan fingerprint density at radius 1 is 0.952 bits per heavy atom. The zero-order chi connectivity index (χ0) is 14.8. The summed E-state index contributed by atoms with van der Waals surface area (Å²) in [7, 11) is 0. The van der Waals surface area contributed by atoms with Gasteiger partial charge in [0.1, 0.15) is 0 Å². The van der Waals surface area contributed by atoms with Gasteiger partial charge in [0, 0.05) is 14.3 Å². The molecule has 21 heavy (non-hydrogen) atoms.